The molecule has 1 heterocycles. The van der Waals surface area contributed by atoms with Crippen LogP contribution in [0.4, 0.5) is 4.79 Å². The molecule has 7 nitrogen and oxygen atoms in total. The lowest BCUT2D eigenvalue weighted by atomic mass is 10.1. The van der Waals surface area contributed by atoms with Gasteiger partial charge in [-0.25, -0.2) is 4.79 Å². The second-order valence-electron chi connectivity index (χ2n) is 6.10. The van der Waals surface area contributed by atoms with E-state index in [-0.39, 0.29) is 12.2 Å². The van der Waals surface area contributed by atoms with Crippen molar-refractivity contribution in [1.29, 1.82) is 0 Å². The molecule has 0 spiro atoms. The van der Waals surface area contributed by atoms with Crippen molar-refractivity contribution in [3.05, 3.63) is 65.4 Å². The van der Waals surface area contributed by atoms with Gasteiger partial charge >= 0.3 is 12.0 Å². The number of carbonyl (C=O) groups excluding carboxylic acids is 3. The van der Waals surface area contributed by atoms with Crippen LogP contribution in [0.15, 0.2) is 54.2 Å². The third kappa shape index (κ3) is 4.37. The van der Waals surface area contributed by atoms with Gasteiger partial charge in [-0.05, 0) is 36.3 Å². The Kier molecular flexibility index (Phi) is 5.74. The molecule has 0 atom stereocenters. The van der Waals surface area contributed by atoms with Gasteiger partial charge in [-0.2, -0.15) is 0 Å². The number of urea groups is 1. The quantitative estimate of drug-likeness (QED) is 0.360. The van der Waals surface area contributed by atoms with E-state index in [1.54, 1.807) is 24.3 Å². The molecule has 7 heteroatoms. The maximum atomic E-state index is 12.6. The summed E-state index contributed by atoms with van der Waals surface area (Å²) in [5.74, 6) is -0.188. The number of benzene rings is 2. The van der Waals surface area contributed by atoms with Crippen LogP contribution >= 0.6 is 0 Å². The highest BCUT2D eigenvalue weighted by Crippen LogP contribution is 2.30. The van der Waals surface area contributed by atoms with E-state index in [1.807, 2.05) is 37.3 Å². The fourth-order valence-corrected chi connectivity index (χ4v) is 2.77. The van der Waals surface area contributed by atoms with E-state index in [0.717, 1.165) is 10.5 Å². The van der Waals surface area contributed by atoms with Crippen LogP contribution in [0.5, 0.6) is 11.5 Å². The number of carbonyl (C=O) groups is 3. The Labute approximate surface area is 162 Å². The van der Waals surface area contributed by atoms with Crippen LogP contribution in [0.3, 0.4) is 0 Å². The molecule has 1 aliphatic rings. The first-order valence-corrected chi connectivity index (χ1v) is 8.81. The minimum Gasteiger partial charge on any atom is -0.490 e. The lowest BCUT2D eigenvalue weighted by molar-refractivity contribution is -0.132. The number of nitrogens with one attached hydrogen (secondary N) is 1. The second-order valence-corrected chi connectivity index (χ2v) is 6.10. The van der Waals surface area contributed by atoms with Crippen LogP contribution in [-0.2, 0) is 16.1 Å². The molecular formula is C21H20N2O5. The average Bonchev–Trinajstić information content (AvgIpc) is 2.92. The molecule has 3 amide bonds. The molecule has 1 N–H and O–H groups in total. The van der Waals surface area contributed by atoms with E-state index in [2.05, 4.69) is 5.32 Å². The van der Waals surface area contributed by atoms with E-state index in [1.165, 1.54) is 6.92 Å². The van der Waals surface area contributed by atoms with Crippen LogP contribution in [0, 0.1) is 0 Å². The first-order valence-electron chi connectivity index (χ1n) is 8.81. The number of rotatable bonds is 6. The molecule has 2 aromatic rings. The summed E-state index contributed by atoms with van der Waals surface area (Å²) in [6.45, 7) is 3.69. The fourth-order valence-electron chi connectivity index (χ4n) is 2.77. The third-order valence-electron chi connectivity index (χ3n) is 3.98. The molecule has 0 aliphatic carbocycles. The zero-order valence-electron chi connectivity index (χ0n) is 15.6. The summed E-state index contributed by atoms with van der Waals surface area (Å²) < 4.78 is 10.6. The van der Waals surface area contributed by atoms with Crippen molar-refractivity contribution >= 4 is 24.0 Å². The van der Waals surface area contributed by atoms with Crippen molar-refractivity contribution in [1.82, 2.24) is 10.2 Å². The molecule has 1 saturated heterocycles. The van der Waals surface area contributed by atoms with Crippen molar-refractivity contribution in [3.63, 3.8) is 0 Å². The summed E-state index contributed by atoms with van der Waals surface area (Å²) in [7, 11) is 0. The smallest absolute Gasteiger partial charge is 0.329 e. The van der Waals surface area contributed by atoms with E-state index in [4.69, 9.17) is 9.47 Å². The van der Waals surface area contributed by atoms with Gasteiger partial charge in [0.15, 0.2) is 11.5 Å². The lowest BCUT2D eigenvalue weighted by Gasteiger charge is -2.11. The molecule has 1 fully saturated rings. The Bertz CT molecular complexity index is 937. The number of ether oxygens (including phenoxy) is 2. The largest absolute Gasteiger partial charge is 0.490 e. The SMILES string of the molecule is CCOc1cc(/C=C2/NC(=O)N(Cc3ccccc3)C2=O)ccc1OC(C)=O. The summed E-state index contributed by atoms with van der Waals surface area (Å²) in [5.41, 5.74) is 1.66. The normalized spacial score (nSPS) is 14.9. The molecule has 0 aromatic heterocycles. The van der Waals surface area contributed by atoms with E-state index < -0.39 is 17.9 Å². The fraction of sp³-hybridized carbons (Fsp3) is 0.190. The summed E-state index contributed by atoms with van der Waals surface area (Å²) in [6, 6.07) is 13.7. The molecule has 3 rings (SSSR count). The van der Waals surface area contributed by atoms with Crippen LogP contribution in [-0.4, -0.2) is 29.4 Å². The number of nitrogens with zero attached hydrogens (tertiary/aromatic N) is 1. The second kappa shape index (κ2) is 8.39. The average molecular weight is 380 g/mol. The molecule has 0 radical (unpaired) electrons. The highest BCUT2D eigenvalue weighted by molar-refractivity contribution is 6.13. The number of amides is 3. The van der Waals surface area contributed by atoms with Gasteiger partial charge in [0.1, 0.15) is 5.70 Å². The number of imide groups is 1. The van der Waals surface area contributed by atoms with Gasteiger partial charge in [0.25, 0.3) is 5.91 Å². The Morgan fingerprint density at radius 2 is 1.86 bits per heavy atom. The van der Waals surface area contributed by atoms with E-state index in [0.29, 0.717) is 23.7 Å². The van der Waals surface area contributed by atoms with Crippen LogP contribution in [0.2, 0.25) is 0 Å². The van der Waals surface area contributed by atoms with Crippen molar-refractivity contribution in [2.24, 2.45) is 0 Å². The number of hydrogen-bond acceptors (Lipinski definition) is 5. The van der Waals surface area contributed by atoms with Crippen molar-refractivity contribution in [3.8, 4) is 11.5 Å². The van der Waals surface area contributed by atoms with Crippen molar-refractivity contribution < 1.29 is 23.9 Å². The van der Waals surface area contributed by atoms with Crippen LogP contribution in [0.1, 0.15) is 25.0 Å². The number of esters is 1. The Morgan fingerprint density at radius 1 is 1.11 bits per heavy atom. The monoisotopic (exact) mass is 380 g/mol. The molecule has 1 aliphatic heterocycles. The maximum absolute atomic E-state index is 12.6. The molecule has 2 aromatic carbocycles. The van der Waals surface area contributed by atoms with Gasteiger partial charge in [0, 0.05) is 6.92 Å². The molecule has 0 bridgehead atoms. The lowest BCUT2D eigenvalue weighted by Crippen LogP contribution is -2.30. The van der Waals surface area contributed by atoms with Crippen molar-refractivity contribution in [2.75, 3.05) is 6.61 Å². The minimum absolute atomic E-state index is 0.170. The van der Waals surface area contributed by atoms with Crippen LogP contribution in [0.25, 0.3) is 6.08 Å². The van der Waals surface area contributed by atoms with Gasteiger partial charge in [0.2, 0.25) is 0 Å². The standard InChI is InChI=1S/C21H20N2O5/c1-3-27-19-12-16(9-10-18(19)28-14(2)24)11-17-20(25)23(21(26)22-17)13-15-7-5-4-6-8-15/h4-12H,3,13H2,1-2H3,(H,22,26)/b17-11+. The molecule has 0 unspecified atom stereocenters. The van der Waals surface area contributed by atoms with Crippen molar-refractivity contribution in [2.45, 2.75) is 20.4 Å². The van der Waals surface area contributed by atoms with Gasteiger partial charge in [-0.3, -0.25) is 14.5 Å². The summed E-state index contributed by atoms with van der Waals surface area (Å²) in [4.78, 5) is 37.2. The summed E-state index contributed by atoms with van der Waals surface area (Å²) in [5, 5.41) is 2.59. The maximum Gasteiger partial charge on any atom is 0.329 e. The van der Waals surface area contributed by atoms with Crippen LogP contribution < -0.4 is 14.8 Å². The molecule has 28 heavy (non-hydrogen) atoms. The van der Waals surface area contributed by atoms with Gasteiger partial charge in [-0.1, -0.05) is 36.4 Å². The highest BCUT2D eigenvalue weighted by Gasteiger charge is 2.33. The first-order chi connectivity index (χ1) is 13.5. The molecular weight excluding hydrogens is 360 g/mol. The Balaban J connectivity index is 1.83. The topological polar surface area (TPSA) is 84.9 Å². The zero-order valence-corrected chi connectivity index (χ0v) is 15.6. The first kappa shape index (κ1) is 19.2. The minimum atomic E-state index is -0.471. The van der Waals surface area contributed by atoms with Gasteiger partial charge < -0.3 is 14.8 Å². The van der Waals surface area contributed by atoms with Gasteiger partial charge in [0.05, 0.1) is 13.2 Å². The predicted molar refractivity (Wildman–Crippen MR) is 102 cm³/mol. The Hall–Kier alpha value is -3.61. The molecule has 144 valence electrons. The zero-order chi connectivity index (χ0) is 20.1. The number of hydrogen-bond donors (Lipinski definition) is 1. The van der Waals surface area contributed by atoms with E-state index >= 15 is 0 Å². The Morgan fingerprint density at radius 3 is 2.54 bits per heavy atom. The molecule has 0 saturated carbocycles. The predicted octanol–water partition coefficient (Wildman–Crippen LogP) is 3.10. The van der Waals surface area contributed by atoms with Gasteiger partial charge in [-0.15, -0.1) is 0 Å². The highest BCUT2D eigenvalue weighted by atomic mass is 16.6. The summed E-state index contributed by atoms with van der Waals surface area (Å²) >= 11 is 0. The third-order valence-corrected chi connectivity index (χ3v) is 3.98. The van der Waals surface area contributed by atoms with E-state index in [9.17, 15) is 14.4 Å². The summed E-state index contributed by atoms with van der Waals surface area (Å²) in [6.07, 6.45) is 1.56.